The number of hydrogen-bond donors (Lipinski definition) is 0. The highest BCUT2D eigenvalue weighted by atomic mass is 15.2. The molecule has 0 saturated carbocycles. The molecule has 4 rings (SSSR count). The number of hydrogen-bond acceptors (Lipinski definition) is 1. The lowest BCUT2D eigenvalue weighted by molar-refractivity contribution is 0.117. The van der Waals surface area contributed by atoms with Gasteiger partial charge in [0.1, 0.15) is 0 Å². The first-order valence-corrected chi connectivity index (χ1v) is 9.13. The Morgan fingerprint density at radius 3 is 2.24 bits per heavy atom. The third kappa shape index (κ3) is 2.79. The molecule has 0 aliphatic carbocycles. The molecule has 0 amide bonds. The fraction of sp³-hybridized carbons (Fsp3) is 0.250. The van der Waals surface area contributed by atoms with Crippen molar-refractivity contribution in [1.29, 1.82) is 0 Å². The Balaban J connectivity index is 1.84. The summed E-state index contributed by atoms with van der Waals surface area (Å²) in [6.45, 7) is 6.69. The maximum Gasteiger partial charge on any atom is 0.0692 e. The fourth-order valence-electron chi connectivity index (χ4n) is 4.27. The maximum absolute atomic E-state index is 2.64. The number of fused-ring (bicyclic) bond motifs is 1. The molecule has 1 aliphatic rings. The molecule has 0 N–H and O–H groups in total. The van der Waals surface area contributed by atoms with Gasteiger partial charge in [-0.1, -0.05) is 78.9 Å². The van der Waals surface area contributed by atoms with Gasteiger partial charge < -0.3 is 0 Å². The summed E-state index contributed by atoms with van der Waals surface area (Å²) in [5.74, 6) is 0. The zero-order valence-electron chi connectivity index (χ0n) is 15.1. The molecule has 3 aromatic rings. The van der Waals surface area contributed by atoms with Gasteiger partial charge in [0.25, 0.3) is 0 Å². The standard InChI is InChI=1S/C24H25N/c1-19-10-9-15-23-22(19)16-17-25(18-20-11-5-3-6-12-20)24(23,2)21-13-7-4-8-14-21/h3-15H,16-18H2,1-2H3. The molecule has 1 heterocycles. The number of benzene rings is 3. The van der Waals surface area contributed by atoms with Crippen LogP contribution in [-0.4, -0.2) is 11.4 Å². The van der Waals surface area contributed by atoms with Crippen molar-refractivity contribution < 1.29 is 0 Å². The monoisotopic (exact) mass is 327 g/mol. The van der Waals surface area contributed by atoms with Crippen LogP contribution < -0.4 is 0 Å². The summed E-state index contributed by atoms with van der Waals surface area (Å²) < 4.78 is 0. The van der Waals surface area contributed by atoms with Crippen molar-refractivity contribution in [2.75, 3.05) is 6.54 Å². The smallest absolute Gasteiger partial charge is 0.0692 e. The first-order valence-electron chi connectivity index (χ1n) is 9.13. The highest BCUT2D eigenvalue weighted by Gasteiger charge is 2.40. The third-order valence-corrected chi connectivity index (χ3v) is 5.75. The van der Waals surface area contributed by atoms with Crippen molar-refractivity contribution in [2.24, 2.45) is 0 Å². The lowest BCUT2D eigenvalue weighted by Crippen LogP contribution is -2.49. The van der Waals surface area contributed by atoms with Crippen molar-refractivity contribution in [3.05, 3.63) is 107 Å². The molecular formula is C24H25N. The average molecular weight is 327 g/mol. The van der Waals surface area contributed by atoms with E-state index in [1.165, 1.54) is 27.8 Å². The highest BCUT2D eigenvalue weighted by molar-refractivity contribution is 5.47. The Hall–Kier alpha value is -2.38. The van der Waals surface area contributed by atoms with Gasteiger partial charge in [0, 0.05) is 13.1 Å². The van der Waals surface area contributed by atoms with Crippen LogP contribution in [0.4, 0.5) is 0 Å². The summed E-state index contributed by atoms with van der Waals surface area (Å²) >= 11 is 0. The van der Waals surface area contributed by atoms with Gasteiger partial charge in [-0.15, -0.1) is 0 Å². The quantitative estimate of drug-likeness (QED) is 0.629. The zero-order valence-corrected chi connectivity index (χ0v) is 15.1. The van der Waals surface area contributed by atoms with Crippen molar-refractivity contribution in [3.63, 3.8) is 0 Å². The molecule has 1 nitrogen and oxygen atoms in total. The zero-order chi connectivity index (χ0) is 17.3. The van der Waals surface area contributed by atoms with E-state index >= 15 is 0 Å². The predicted octanol–water partition coefficient (Wildman–Crippen LogP) is 5.32. The van der Waals surface area contributed by atoms with Crippen LogP contribution in [0.15, 0.2) is 78.9 Å². The Labute approximate surface area is 150 Å². The second kappa shape index (κ2) is 6.50. The lowest BCUT2D eigenvalue weighted by Gasteiger charge is -2.47. The molecular weight excluding hydrogens is 302 g/mol. The molecule has 1 unspecified atom stereocenters. The van der Waals surface area contributed by atoms with Crippen LogP contribution in [0.5, 0.6) is 0 Å². The van der Waals surface area contributed by atoms with Gasteiger partial charge in [-0.2, -0.15) is 0 Å². The van der Waals surface area contributed by atoms with E-state index in [4.69, 9.17) is 0 Å². The number of nitrogens with zero attached hydrogens (tertiary/aromatic N) is 1. The van der Waals surface area contributed by atoms with E-state index in [0.717, 1.165) is 19.5 Å². The molecule has 0 fully saturated rings. The largest absolute Gasteiger partial charge is 0.285 e. The number of rotatable bonds is 3. The van der Waals surface area contributed by atoms with Gasteiger partial charge in [-0.3, -0.25) is 4.90 Å². The highest BCUT2D eigenvalue weighted by Crippen LogP contribution is 2.42. The van der Waals surface area contributed by atoms with Crippen LogP contribution in [0.1, 0.15) is 34.7 Å². The third-order valence-electron chi connectivity index (χ3n) is 5.75. The van der Waals surface area contributed by atoms with Crippen LogP contribution in [-0.2, 0) is 18.5 Å². The normalized spacial score (nSPS) is 20.2. The average Bonchev–Trinajstić information content (AvgIpc) is 2.66. The van der Waals surface area contributed by atoms with Gasteiger partial charge >= 0.3 is 0 Å². The van der Waals surface area contributed by atoms with Crippen molar-refractivity contribution >= 4 is 0 Å². The van der Waals surface area contributed by atoms with Gasteiger partial charge in [-0.05, 0) is 48.1 Å². The molecule has 1 heteroatoms. The SMILES string of the molecule is Cc1cccc2c1CCN(Cc1ccccc1)C2(C)c1ccccc1. The minimum Gasteiger partial charge on any atom is -0.285 e. The molecule has 0 aromatic heterocycles. The van der Waals surface area contributed by atoms with Crippen LogP contribution in [0.2, 0.25) is 0 Å². The molecule has 3 aromatic carbocycles. The van der Waals surface area contributed by atoms with E-state index in [9.17, 15) is 0 Å². The fourth-order valence-corrected chi connectivity index (χ4v) is 4.27. The van der Waals surface area contributed by atoms with Crippen molar-refractivity contribution in [2.45, 2.75) is 32.4 Å². The van der Waals surface area contributed by atoms with Crippen LogP contribution in [0.3, 0.4) is 0 Å². The van der Waals surface area contributed by atoms with Crippen LogP contribution in [0.25, 0.3) is 0 Å². The summed E-state index contributed by atoms with van der Waals surface area (Å²) in [6, 6.07) is 28.6. The minimum atomic E-state index is -0.100. The summed E-state index contributed by atoms with van der Waals surface area (Å²) in [6.07, 6.45) is 1.12. The molecule has 1 aliphatic heterocycles. The molecule has 0 saturated heterocycles. The van der Waals surface area contributed by atoms with Crippen LogP contribution >= 0.6 is 0 Å². The van der Waals surface area contributed by atoms with E-state index in [2.05, 4.69) is 97.6 Å². The number of aryl methyl sites for hydroxylation is 1. The maximum atomic E-state index is 2.64. The topological polar surface area (TPSA) is 3.24 Å². The summed E-state index contributed by atoms with van der Waals surface area (Å²) in [4.78, 5) is 2.64. The Morgan fingerprint density at radius 2 is 1.52 bits per heavy atom. The molecule has 0 radical (unpaired) electrons. The van der Waals surface area contributed by atoms with Crippen molar-refractivity contribution in [3.8, 4) is 0 Å². The van der Waals surface area contributed by atoms with E-state index in [1.807, 2.05) is 0 Å². The Kier molecular flexibility index (Phi) is 4.19. The van der Waals surface area contributed by atoms with E-state index < -0.39 is 0 Å². The van der Waals surface area contributed by atoms with Gasteiger partial charge in [0.15, 0.2) is 0 Å². The first-order chi connectivity index (χ1) is 12.2. The first kappa shape index (κ1) is 16.1. The summed E-state index contributed by atoms with van der Waals surface area (Å²) in [7, 11) is 0. The minimum absolute atomic E-state index is 0.100. The van der Waals surface area contributed by atoms with E-state index in [0.29, 0.717) is 0 Å². The second-order valence-electron chi connectivity index (χ2n) is 7.20. The van der Waals surface area contributed by atoms with Gasteiger partial charge in [0.05, 0.1) is 5.54 Å². The summed E-state index contributed by atoms with van der Waals surface area (Å²) in [5, 5.41) is 0. The van der Waals surface area contributed by atoms with Crippen molar-refractivity contribution in [1.82, 2.24) is 4.90 Å². The van der Waals surface area contributed by atoms with E-state index in [1.54, 1.807) is 0 Å². The second-order valence-corrected chi connectivity index (χ2v) is 7.20. The van der Waals surface area contributed by atoms with E-state index in [-0.39, 0.29) is 5.54 Å². The molecule has 0 bridgehead atoms. The van der Waals surface area contributed by atoms with Crippen LogP contribution in [0, 0.1) is 6.92 Å². The molecule has 0 spiro atoms. The molecule has 126 valence electrons. The van der Waals surface area contributed by atoms with Gasteiger partial charge in [-0.25, -0.2) is 0 Å². The Bertz CT molecular complexity index is 854. The summed E-state index contributed by atoms with van der Waals surface area (Å²) in [5.41, 5.74) is 7.05. The lowest BCUT2D eigenvalue weighted by atomic mass is 9.75. The predicted molar refractivity (Wildman–Crippen MR) is 105 cm³/mol. The Morgan fingerprint density at radius 1 is 0.840 bits per heavy atom. The molecule has 25 heavy (non-hydrogen) atoms. The van der Waals surface area contributed by atoms with Gasteiger partial charge in [0.2, 0.25) is 0 Å². The molecule has 1 atom stereocenters.